The van der Waals surface area contributed by atoms with E-state index in [4.69, 9.17) is 9.47 Å². The fraction of sp³-hybridized carbons (Fsp3) is 0.483. The molecule has 0 aromatic heterocycles. The van der Waals surface area contributed by atoms with E-state index in [2.05, 4.69) is 12.2 Å². The predicted octanol–water partition coefficient (Wildman–Crippen LogP) is 7.33. The molecule has 1 unspecified atom stereocenters. The molecule has 0 radical (unpaired) electrons. The van der Waals surface area contributed by atoms with Crippen molar-refractivity contribution < 1.29 is 23.0 Å². The summed E-state index contributed by atoms with van der Waals surface area (Å²) in [5, 5.41) is 0. The lowest BCUT2D eigenvalue weighted by Gasteiger charge is -2.29. The van der Waals surface area contributed by atoms with Gasteiger partial charge in [-0.25, -0.2) is 13.6 Å². The van der Waals surface area contributed by atoms with Gasteiger partial charge in [-0.05, 0) is 98.1 Å². The molecule has 0 bridgehead atoms. The van der Waals surface area contributed by atoms with Crippen molar-refractivity contribution in [3.63, 3.8) is 0 Å². The van der Waals surface area contributed by atoms with Crippen molar-refractivity contribution in [2.45, 2.75) is 63.0 Å². The van der Waals surface area contributed by atoms with E-state index in [-0.39, 0.29) is 31.1 Å². The average molecular weight is 503 g/mol. The van der Waals surface area contributed by atoms with Crippen LogP contribution >= 0.6 is 13.5 Å². The van der Waals surface area contributed by atoms with Gasteiger partial charge in [0.15, 0.2) is 0 Å². The molecule has 2 aliphatic rings. The summed E-state index contributed by atoms with van der Waals surface area (Å²) < 4.78 is 39.8. The number of esters is 1. The number of benzene rings is 2. The minimum absolute atomic E-state index is 0. The van der Waals surface area contributed by atoms with Crippen LogP contribution in [-0.2, 0) is 9.53 Å². The number of carbonyl (C=O) groups is 1. The van der Waals surface area contributed by atoms with Gasteiger partial charge in [0.2, 0.25) is 5.67 Å². The molecule has 2 saturated carbocycles. The summed E-state index contributed by atoms with van der Waals surface area (Å²) in [4.78, 5) is 12.1. The van der Waals surface area contributed by atoms with Gasteiger partial charge in [0.25, 0.3) is 0 Å². The molecule has 190 valence electrons. The normalized spacial score (nSPS) is 22.7. The molecule has 0 spiro atoms. The third-order valence-electron chi connectivity index (χ3n) is 7.51. The minimum atomic E-state index is -2.05. The molecule has 2 fully saturated rings. The van der Waals surface area contributed by atoms with Crippen LogP contribution in [-0.4, -0.2) is 25.9 Å². The predicted molar refractivity (Wildman–Crippen MR) is 141 cm³/mol. The number of carbonyl (C=O) groups excluding carboxylic acids is 1. The molecule has 0 aliphatic heterocycles. The lowest BCUT2D eigenvalue weighted by atomic mass is 9.78. The van der Waals surface area contributed by atoms with Gasteiger partial charge in [0, 0.05) is 5.92 Å². The zero-order valence-corrected chi connectivity index (χ0v) is 21.7. The maximum Gasteiger partial charge on any atom is 0.343 e. The van der Waals surface area contributed by atoms with Crippen LogP contribution in [0.2, 0.25) is 0 Å². The number of ether oxygens (including phenoxy) is 2. The van der Waals surface area contributed by atoms with Crippen LogP contribution in [0.3, 0.4) is 0 Å². The van der Waals surface area contributed by atoms with Crippen molar-refractivity contribution in [2.24, 2.45) is 11.8 Å². The van der Waals surface area contributed by atoms with E-state index in [9.17, 15) is 9.18 Å². The number of allylic oxidation sites excluding steroid dienone is 1. The van der Waals surface area contributed by atoms with E-state index in [1.807, 2.05) is 30.3 Å². The van der Waals surface area contributed by atoms with Crippen LogP contribution in [0.1, 0.15) is 74.0 Å². The second-order valence-corrected chi connectivity index (χ2v) is 9.91. The number of alkyl halides is 1. The number of hydrogen-bond acceptors (Lipinski definition) is 3. The molecule has 2 aliphatic carbocycles. The molecule has 4 rings (SSSR count). The van der Waals surface area contributed by atoms with E-state index in [1.165, 1.54) is 20.1 Å². The summed E-state index contributed by atoms with van der Waals surface area (Å²) in [6, 6.07) is 12.8. The van der Waals surface area contributed by atoms with Crippen molar-refractivity contribution in [2.75, 3.05) is 14.2 Å². The highest BCUT2D eigenvalue weighted by molar-refractivity contribution is 7.59. The number of hydrogen-bond donors (Lipinski definition) is 0. The molecule has 35 heavy (non-hydrogen) atoms. The first-order valence-electron chi connectivity index (χ1n) is 12.2. The topological polar surface area (TPSA) is 35.5 Å². The molecule has 6 heteroatoms. The third kappa shape index (κ3) is 6.27. The molecule has 3 nitrogen and oxygen atoms in total. The average Bonchev–Trinajstić information content (AvgIpc) is 3.68. The van der Waals surface area contributed by atoms with E-state index in [0.717, 1.165) is 55.2 Å². The van der Waals surface area contributed by atoms with Crippen LogP contribution in [0.25, 0.3) is 6.08 Å². The van der Waals surface area contributed by atoms with Gasteiger partial charge >= 0.3 is 5.97 Å². The Morgan fingerprint density at radius 1 is 1.06 bits per heavy atom. The molecular formula is C29H36F2O3S. The number of methoxy groups -OCH3 is 2. The minimum Gasteiger partial charge on any atom is -0.497 e. The zero-order chi connectivity index (χ0) is 24.3. The van der Waals surface area contributed by atoms with Crippen molar-refractivity contribution in [1.29, 1.82) is 0 Å². The largest absolute Gasteiger partial charge is 0.497 e. The lowest BCUT2D eigenvalue weighted by Crippen LogP contribution is -2.39. The van der Waals surface area contributed by atoms with Gasteiger partial charge < -0.3 is 9.47 Å². The van der Waals surface area contributed by atoms with E-state index >= 15 is 4.39 Å². The Morgan fingerprint density at radius 3 is 2.40 bits per heavy atom. The molecule has 0 saturated heterocycles. The summed E-state index contributed by atoms with van der Waals surface area (Å²) in [5.74, 6) is 0.0296. The van der Waals surface area contributed by atoms with Crippen LogP contribution in [0.4, 0.5) is 8.78 Å². The van der Waals surface area contributed by atoms with E-state index in [0.29, 0.717) is 11.7 Å². The van der Waals surface area contributed by atoms with E-state index in [1.54, 1.807) is 13.2 Å². The highest BCUT2D eigenvalue weighted by atomic mass is 32.1. The zero-order valence-electron chi connectivity index (χ0n) is 20.7. The Hall–Kier alpha value is -2.34. The second-order valence-electron chi connectivity index (χ2n) is 9.91. The SMILES string of the molecule is COC(=O)C(C)(F)[C@H](c1cccc(/C=C/C2CCC(c3cc(OC)ccc3F)CC2)c1)C1CC1.S. The van der Waals surface area contributed by atoms with Crippen LogP contribution < -0.4 is 4.74 Å². The summed E-state index contributed by atoms with van der Waals surface area (Å²) >= 11 is 0. The first kappa shape index (κ1) is 27.3. The summed E-state index contributed by atoms with van der Waals surface area (Å²) in [7, 11) is 2.84. The van der Waals surface area contributed by atoms with E-state index < -0.39 is 17.6 Å². The van der Waals surface area contributed by atoms with Crippen molar-refractivity contribution in [3.05, 3.63) is 71.0 Å². The monoisotopic (exact) mass is 502 g/mol. The van der Waals surface area contributed by atoms with Crippen molar-refractivity contribution in [3.8, 4) is 5.75 Å². The molecule has 2 atom stereocenters. The fourth-order valence-electron chi connectivity index (χ4n) is 5.47. The van der Waals surface area contributed by atoms with Gasteiger partial charge in [0.05, 0.1) is 14.2 Å². The van der Waals surface area contributed by atoms with Gasteiger partial charge in [-0.2, -0.15) is 13.5 Å². The standard InChI is InChI=1S/C29H34F2O3.H2S/c1-29(31,28(32)34-3)27(22-13-14-22)23-6-4-5-20(17-23)8-7-19-9-11-21(12-10-19)25-18-24(33-2)15-16-26(25)30;/h4-8,15-19,21-22,27H,9-14H2,1-3H3;1H2/b8-7+;/t19?,21?,27-,29?;/m0./s1. The first-order chi connectivity index (χ1) is 16.3. The van der Waals surface area contributed by atoms with Crippen molar-refractivity contribution >= 4 is 25.5 Å². The highest BCUT2D eigenvalue weighted by Crippen LogP contribution is 2.50. The summed E-state index contributed by atoms with van der Waals surface area (Å²) in [6.07, 6.45) is 10.0. The van der Waals surface area contributed by atoms with Gasteiger partial charge in [-0.15, -0.1) is 0 Å². The maximum atomic E-state index is 15.5. The Morgan fingerprint density at radius 2 is 1.77 bits per heavy atom. The Labute approximate surface area is 214 Å². The van der Waals surface area contributed by atoms with Gasteiger partial charge in [-0.1, -0.05) is 36.4 Å². The quantitative estimate of drug-likeness (QED) is 0.355. The highest BCUT2D eigenvalue weighted by Gasteiger charge is 2.50. The molecule has 0 amide bonds. The van der Waals surface area contributed by atoms with Crippen LogP contribution in [0.15, 0.2) is 48.5 Å². The van der Waals surface area contributed by atoms with Crippen molar-refractivity contribution in [1.82, 2.24) is 0 Å². The Kier molecular flexibility index (Phi) is 9.03. The third-order valence-corrected chi connectivity index (χ3v) is 7.51. The fourth-order valence-corrected chi connectivity index (χ4v) is 5.47. The Balaban J connectivity index is 0.00000342. The number of halogens is 2. The van der Waals surface area contributed by atoms with Crippen LogP contribution in [0, 0.1) is 17.7 Å². The second kappa shape index (κ2) is 11.6. The molecule has 2 aromatic carbocycles. The number of rotatable bonds is 8. The van der Waals surface area contributed by atoms with Gasteiger partial charge in [0.1, 0.15) is 11.6 Å². The first-order valence-corrected chi connectivity index (χ1v) is 12.2. The summed E-state index contributed by atoms with van der Waals surface area (Å²) in [6.45, 7) is 1.34. The molecule has 0 N–H and O–H groups in total. The maximum absolute atomic E-state index is 15.5. The smallest absolute Gasteiger partial charge is 0.343 e. The molecule has 2 aromatic rings. The lowest BCUT2D eigenvalue weighted by molar-refractivity contribution is -0.155. The van der Waals surface area contributed by atoms with Crippen LogP contribution in [0.5, 0.6) is 5.75 Å². The Bertz CT molecular complexity index is 1040. The molecule has 0 heterocycles. The molecular weight excluding hydrogens is 466 g/mol. The summed E-state index contributed by atoms with van der Waals surface area (Å²) in [5.41, 5.74) is 0.550. The van der Waals surface area contributed by atoms with Gasteiger partial charge in [-0.3, -0.25) is 0 Å².